The zero-order valence-corrected chi connectivity index (χ0v) is 8.31. The standard InChI is InChI=1S/C11H20O/c1-3-9-4-5-11(6-9)7-10(8-11)12-2/h9-10H,3-8H2,1-2H3. The predicted molar refractivity (Wildman–Crippen MR) is 50.1 cm³/mol. The average Bonchev–Trinajstić information content (AvgIpc) is 2.45. The molecular weight excluding hydrogens is 148 g/mol. The van der Waals surface area contributed by atoms with E-state index in [1.807, 2.05) is 7.11 Å². The molecule has 0 aromatic carbocycles. The third kappa shape index (κ3) is 1.28. The first-order chi connectivity index (χ1) is 5.78. The van der Waals surface area contributed by atoms with Gasteiger partial charge in [-0.2, -0.15) is 0 Å². The molecule has 1 unspecified atom stereocenters. The van der Waals surface area contributed by atoms with E-state index in [-0.39, 0.29) is 0 Å². The topological polar surface area (TPSA) is 9.23 Å². The first-order valence-electron chi connectivity index (χ1n) is 5.31. The summed E-state index contributed by atoms with van der Waals surface area (Å²) >= 11 is 0. The van der Waals surface area contributed by atoms with Crippen LogP contribution in [-0.2, 0) is 4.74 Å². The first kappa shape index (κ1) is 8.55. The lowest BCUT2D eigenvalue weighted by molar-refractivity contribution is -0.0575. The fourth-order valence-electron chi connectivity index (χ4n) is 3.12. The van der Waals surface area contributed by atoms with Crippen LogP contribution >= 0.6 is 0 Å². The van der Waals surface area contributed by atoms with E-state index >= 15 is 0 Å². The van der Waals surface area contributed by atoms with Crippen LogP contribution in [0, 0.1) is 11.3 Å². The van der Waals surface area contributed by atoms with Crippen molar-refractivity contribution in [1.29, 1.82) is 0 Å². The Balaban J connectivity index is 1.84. The van der Waals surface area contributed by atoms with Crippen LogP contribution in [0.4, 0.5) is 0 Å². The van der Waals surface area contributed by atoms with Crippen LogP contribution in [0.25, 0.3) is 0 Å². The van der Waals surface area contributed by atoms with Gasteiger partial charge < -0.3 is 4.74 Å². The van der Waals surface area contributed by atoms with E-state index in [2.05, 4.69) is 6.92 Å². The Morgan fingerprint density at radius 3 is 2.58 bits per heavy atom. The second-order valence-corrected chi connectivity index (χ2v) is 4.78. The van der Waals surface area contributed by atoms with Crippen LogP contribution in [0.15, 0.2) is 0 Å². The van der Waals surface area contributed by atoms with Gasteiger partial charge in [0.15, 0.2) is 0 Å². The predicted octanol–water partition coefficient (Wildman–Crippen LogP) is 2.99. The summed E-state index contributed by atoms with van der Waals surface area (Å²) in [5.74, 6) is 1.03. The Kier molecular flexibility index (Phi) is 2.16. The molecule has 2 aliphatic rings. The van der Waals surface area contributed by atoms with Gasteiger partial charge in [0.05, 0.1) is 6.10 Å². The zero-order chi connectivity index (χ0) is 8.60. The third-order valence-electron chi connectivity index (χ3n) is 4.04. The number of hydrogen-bond acceptors (Lipinski definition) is 1. The van der Waals surface area contributed by atoms with E-state index in [1.165, 1.54) is 38.5 Å². The van der Waals surface area contributed by atoms with E-state index < -0.39 is 0 Å². The van der Waals surface area contributed by atoms with Crippen LogP contribution in [0.3, 0.4) is 0 Å². The summed E-state index contributed by atoms with van der Waals surface area (Å²) in [5.41, 5.74) is 0.737. The molecule has 0 aromatic rings. The van der Waals surface area contributed by atoms with Crippen LogP contribution in [0.5, 0.6) is 0 Å². The van der Waals surface area contributed by atoms with E-state index in [9.17, 15) is 0 Å². The molecule has 0 heterocycles. The summed E-state index contributed by atoms with van der Waals surface area (Å²) in [6.45, 7) is 2.33. The molecule has 2 fully saturated rings. The van der Waals surface area contributed by atoms with E-state index in [4.69, 9.17) is 4.74 Å². The molecule has 0 N–H and O–H groups in total. The van der Waals surface area contributed by atoms with E-state index in [1.54, 1.807) is 0 Å². The Labute approximate surface area is 75.5 Å². The Hall–Kier alpha value is -0.0400. The third-order valence-corrected chi connectivity index (χ3v) is 4.04. The molecule has 2 rings (SSSR count). The summed E-state index contributed by atoms with van der Waals surface area (Å²) in [4.78, 5) is 0. The molecule has 0 aliphatic heterocycles. The van der Waals surface area contributed by atoms with Crippen molar-refractivity contribution in [2.45, 2.75) is 51.6 Å². The largest absolute Gasteiger partial charge is 0.381 e. The Bertz CT molecular complexity index is 158. The number of ether oxygens (including phenoxy) is 1. The summed E-state index contributed by atoms with van der Waals surface area (Å²) in [6.07, 6.45) is 9.13. The molecule has 0 amide bonds. The molecule has 12 heavy (non-hydrogen) atoms. The van der Waals surface area contributed by atoms with Gasteiger partial charge in [-0.1, -0.05) is 13.3 Å². The van der Waals surface area contributed by atoms with Gasteiger partial charge in [0.1, 0.15) is 0 Å². The van der Waals surface area contributed by atoms with Gasteiger partial charge in [-0.05, 0) is 43.4 Å². The highest BCUT2D eigenvalue weighted by Crippen LogP contribution is 2.56. The van der Waals surface area contributed by atoms with Gasteiger partial charge in [0.25, 0.3) is 0 Å². The highest BCUT2D eigenvalue weighted by atomic mass is 16.5. The van der Waals surface area contributed by atoms with E-state index in [0.29, 0.717) is 6.10 Å². The van der Waals surface area contributed by atoms with Crippen molar-refractivity contribution >= 4 is 0 Å². The minimum Gasteiger partial charge on any atom is -0.381 e. The van der Waals surface area contributed by atoms with Gasteiger partial charge in [-0.3, -0.25) is 0 Å². The molecule has 1 spiro atoms. The molecule has 0 radical (unpaired) electrons. The zero-order valence-electron chi connectivity index (χ0n) is 8.31. The lowest BCUT2D eigenvalue weighted by Gasteiger charge is -2.44. The maximum Gasteiger partial charge on any atom is 0.0582 e. The van der Waals surface area contributed by atoms with Crippen molar-refractivity contribution in [1.82, 2.24) is 0 Å². The van der Waals surface area contributed by atoms with Crippen molar-refractivity contribution < 1.29 is 4.74 Å². The molecule has 1 atom stereocenters. The molecule has 0 bridgehead atoms. The van der Waals surface area contributed by atoms with Gasteiger partial charge >= 0.3 is 0 Å². The van der Waals surface area contributed by atoms with Gasteiger partial charge in [-0.25, -0.2) is 0 Å². The normalized spacial score (nSPS) is 46.5. The Morgan fingerprint density at radius 1 is 1.33 bits per heavy atom. The first-order valence-corrected chi connectivity index (χ1v) is 5.31. The van der Waals surface area contributed by atoms with Gasteiger partial charge in [-0.15, -0.1) is 0 Å². The van der Waals surface area contributed by atoms with Crippen molar-refractivity contribution in [2.75, 3.05) is 7.11 Å². The molecule has 70 valence electrons. The summed E-state index contributed by atoms with van der Waals surface area (Å²) in [5, 5.41) is 0. The number of rotatable bonds is 2. The van der Waals surface area contributed by atoms with Crippen LogP contribution in [0.2, 0.25) is 0 Å². The maximum absolute atomic E-state index is 5.34. The summed E-state index contributed by atoms with van der Waals surface area (Å²) < 4.78 is 5.34. The quantitative estimate of drug-likeness (QED) is 0.616. The fourth-order valence-corrected chi connectivity index (χ4v) is 3.12. The van der Waals surface area contributed by atoms with Crippen molar-refractivity contribution in [3.05, 3.63) is 0 Å². The minimum atomic E-state index is 0.598. The molecule has 0 aromatic heterocycles. The van der Waals surface area contributed by atoms with Crippen molar-refractivity contribution in [3.8, 4) is 0 Å². The smallest absolute Gasteiger partial charge is 0.0582 e. The SMILES string of the molecule is CCC1CCC2(C1)CC(OC)C2. The molecule has 1 nitrogen and oxygen atoms in total. The molecule has 1 heteroatoms. The molecular formula is C11H20O. The fraction of sp³-hybridized carbons (Fsp3) is 1.00. The lowest BCUT2D eigenvalue weighted by atomic mass is 9.65. The second-order valence-electron chi connectivity index (χ2n) is 4.78. The average molecular weight is 168 g/mol. The number of hydrogen-bond donors (Lipinski definition) is 0. The van der Waals surface area contributed by atoms with Crippen LogP contribution in [-0.4, -0.2) is 13.2 Å². The monoisotopic (exact) mass is 168 g/mol. The van der Waals surface area contributed by atoms with Gasteiger partial charge in [0.2, 0.25) is 0 Å². The van der Waals surface area contributed by atoms with Crippen molar-refractivity contribution in [3.63, 3.8) is 0 Å². The van der Waals surface area contributed by atoms with Crippen LogP contribution in [0.1, 0.15) is 45.4 Å². The lowest BCUT2D eigenvalue weighted by Crippen LogP contribution is -2.40. The van der Waals surface area contributed by atoms with Crippen LogP contribution < -0.4 is 0 Å². The molecule has 2 saturated carbocycles. The maximum atomic E-state index is 5.34. The summed E-state index contributed by atoms with van der Waals surface area (Å²) in [6, 6.07) is 0. The molecule has 0 saturated heterocycles. The van der Waals surface area contributed by atoms with Crippen molar-refractivity contribution in [2.24, 2.45) is 11.3 Å². The van der Waals surface area contributed by atoms with Gasteiger partial charge in [0, 0.05) is 7.11 Å². The summed E-state index contributed by atoms with van der Waals surface area (Å²) in [7, 11) is 1.85. The minimum absolute atomic E-state index is 0.598. The highest BCUT2D eigenvalue weighted by molar-refractivity contribution is 4.99. The second kappa shape index (κ2) is 3.02. The Morgan fingerprint density at radius 2 is 2.08 bits per heavy atom. The highest BCUT2D eigenvalue weighted by Gasteiger charge is 2.48. The molecule has 2 aliphatic carbocycles. The van der Waals surface area contributed by atoms with E-state index in [0.717, 1.165) is 11.3 Å². The number of methoxy groups -OCH3 is 1.